The number of aryl methyl sites for hydroxylation is 1. The lowest BCUT2D eigenvalue weighted by molar-refractivity contribution is 0.589. The van der Waals surface area contributed by atoms with E-state index in [1.165, 1.54) is 5.56 Å². The Kier molecular flexibility index (Phi) is 2.02. The van der Waals surface area contributed by atoms with Crippen LogP contribution in [0.2, 0.25) is 5.15 Å². The van der Waals surface area contributed by atoms with Crippen LogP contribution in [0.4, 0.5) is 0 Å². The molecular weight excluding hydrogens is 158 g/mol. The first kappa shape index (κ1) is 8.66. The Hall–Kier alpha value is -0.430. The number of hydrogen-bond acceptors (Lipinski definition) is 0. The van der Waals surface area contributed by atoms with Gasteiger partial charge >= 0.3 is 0 Å². The average molecular weight is 172 g/mol. The monoisotopic (exact) mass is 171 g/mol. The molecule has 2 heteroatoms. The Morgan fingerprint density at radius 3 is 2.09 bits per heavy atom. The van der Waals surface area contributed by atoms with Gasteiger partial charge in [0.1, 0.15) is 5.15 Å². The first-order valence-electron chi connectivity index (χ1n) is 3.74. The molecule has 0 aliphatic heterocycles. The molecule has 1 rings (SSSR count). The molecule has 0 fully saturated rings. The van der Waals surface area contributed by atoms with Gasteiger partial charge in [0, 0.05) is 13.2 Å². The second-order valence-corrected chi connectivity index (χ2v) is 4.24. The molecule has 0 radical (unpaired) electrons. The highest BCUT2D eigenvalue weighted by molar-refractivity contribution is 6.30. The molecule has 0 unspecified atom stereocenters. The fourth-order valence-corrected chi connectivity index (χ4v) is 1.47. The molecule has 0 saturated heterocycles. The van der Waals surface area contributed by atoms with E-state index in [9.17, 15) is 0 Å². The van der Waals surface area contributed by atoms with E-state index in [0.29, 0.717) is 0 Å². The maximum absolute atomic E-state index is 6.06. The first-order valence-corrected chi connectivity index (χ1v) is 4.12. The van der Waals surface area contributed by atoms with Crippen LogP contribution in [0.25, 0.3) is 0 Å². The summed E-state index contributed by atoms with van der Waals surface area (Å²) < 4.78 is 1.93. The van der Waals surface area contributed by atoms with E-state index in [2.05, 4.69) is 26.8 Å². The molecule has 0 aromatic carbocycles. The van der Waals surface area contributed by atoms with Crippen molar-refractivity contribution in [3.8, 4) is 0 Å². The zero-order valence-corrected chi connectivity index (χ0v) is 8.24. The summed E-state index contributed by atoms with van der Waals surface area (Å²) >= 11 is 6.06. The summed E-state index contributed by atoms with van der Waals surface area (Å²) in [5.74, 6) is 0. The Labute approximate surface area is 73.0 Å². The molecule has 0 aliphatic rings. The molecule has 0 spiro atoms. The quantitative estimate of drug-likeness (QED) is 0.566. The number of rotatable bonds is 0. The van der Waals surface area contributed by atoms with Crippen molar-refractivity contribution >= 4 is 11.6 Å². The Bertz CT molecular complexity index is 255. The fraction of sp³-hybridized carbons (Fsp3) is 0.556. The van der Waals surface area contributed by atoms with Crippen LogP contribution in [0.15, 0.2) is 12.3 Å². The van der Waals surface area contributed by atoms with Crippen molar-refractivity contribution < 1.29 is 0 Å². The van der Waals surface area contributed by atoms with Crippen molar-refractivity contribution in [3.63, 3.8) is 0 Å². The molecule has 1 heterocycles. The second kappa shape index (κ2) is 2.56. The molecule has 11 heavy (non-hydrogen) atoms. The topological polar surface area (TPSA) is 4.93 Å². The van der Waals surface area contributed by atoms with Gasteiger partial charge in [-0.25, -0.2) is 0 Å². The Morgan fingerprint density at radius 2 is 1.91 bits per heavy atom. The largest absolute Gasteiger partial charge is 0.342 e. The van der Waals surface area contributed by atoms with Crippen molar-refractivity contribution in [2.75, 3.05) is 0 Å². The molecule has 0 aliphatic carbocycles. The van der Waals surface area contributed by atoms with Gasteiger partial charge in [-0.2, -0.15) is 0 Å². The van der Waals surface area contributed by atoms with Crippen molar-refractivity contribution in [1.82, 2.24) is 4.57 Å². The summed E-state index contributed by atoms with van der Waals surface area (Å²) in [6, 6.07) is 2.07. The number of halogens is 1. The molecule has 0 amide bonds. The van der Waals surface area contributed by atoms with Gasteiger partial charge in [0.2, 0.25) is 0 Å². The third-order valence-electron chi connectivity index (χ3n) is 1.80. The summed E-state index contributed by atoms with van der Waals surface area (Å²) in [6.07, 6.45) is 1.99. The molecule has 0 N–H and O–H groups in total. The lowest BCUT2D eigenvalue weighted by atomic mass is 9.89. The number of nitrogens with zero attached hydrogens (tertiary/aromatic N) is 1. The van der Waals surface area contributed by atoms with E-state index in [4.69, 9.17) is 11.6 Å². The minimum absolute atomic E-state index is 0.151. The molecule has 1 aromatic heterocycles. The van der Waals surface area contributed by atoms with E-state index >= 15 is 0 Å². The zero-order valence-electron chi connectivity index (χ0n) is 7.48. The molecule has 0 atom stereocenters. The lowest BCUT2D eigenvalue weighted by Crippen LogP contribution is -2.10. The molecule has 1 nitrogen and oxygen atoms in total. The van der Waals surface area contributed by atoms with Crippen molar-refractivity contribution in [2.24, 2.45) is 7.05 Å². The van der Waals surface area contributed by atoms with E-state index in [1.807, 2.05) is 17.8 Å². The van der Waals surface area contributed by atoms with Crippen LogP contribution in [0.3, 0.4) is 0 Å². The predicted molar refractivity (Wildman–Crippen MR) is 49.1 cm³/mol. The molecule has 1 aromatic rings. The van der Waals surface area contributed by atoms with E-state index in [1.54, 1.807) is 0 Å². The lowest BCUT2D eigenvalue weighted by Gasteiger charge is -2.17. The van der Waals surface area contributed by atoms with Crippen molar-refractivity contribution in [3.05, 3.63) is 23.0 Å². The van der Waals surface area contributed by atoms with Gasteiger partial charge in [0.05, 0.1) is 0 Å². The van der Waals surface area contributed by atoms with Gasteiger partial charge in [-0.05, 0) is 17.0 Å². The van der Waals surface area contributed by atoms with Crippen LogP contribution in [0.1, 0.15) is 26.3 Å². The third-order valence-corrected chi connectivity index (χ3v) is 2.27. The maximum Gasteiger partial charge on any atom is 0.112 e. The Morgan fingerprint density at radius 1 is 1.36 bits per heavy atom. The van der Waals surface area contributed by atoms with Crippen LogP contribution in [-0.4, -0.2) is 4.57 Å². The number of aromatic nitrogens is 1. The molecule has 0 bridgehead atoms. The minimum Gasteiger partial charge on any atom is -0.342 e. The normalized spacial score (nSPS) is 12.1. The molecule has 0 saturated carbocycles. The summed E-state index contributed by atoms with van der Waals surface area (Å²) in [5.41, 5.74) is 1.36. The van der Waals surface area contributed by atoms with Crippen LogP contribution >= 0.6 is 11.6 Å². The van der Waals surface area contributed by atoms with Crippen LogP contribution in [0, 0.1) is 0 Å². The van der Waals surface area contributed by atoms with E-state index in [0.717, 1.165) is 5.15 Å². The predicted octanol–water partition coefficient (Wildman–Crippen LogP) is 2.98. The van der Waals surface area contributed by atoms with Crippen LogP contribution in [-0.2, 0) is 12.5 Å². The van der Waals surface area contributed by atoms with Gasteiger partial charge in [-0.15, -0.1) is 0 Å². The van der Waals surface area contributed by atoms with Crippen LogP contribution in [0.5, 0.6) is 0 Å². The average Bonchev–Trinajstić information content (AvgIpc) is 2.11. The van der Waals surface area contributed by atoms with Gasteiger partial charge in [-0.3, -0.25) is 0 Å². The molecule has 62 valence electrons. The summed E-state index contributed by atoms with van der Waals surface area (Å²) in [4.78, 5) is 0. The van der Waals surface area contributed by atoms with E-state index in [-0.39, 0.29) is 5.41 Å². The smallest absolute Gasteiger partial charge is 0.112 e. The first-order chi connectivity index (χ1) is 4.93. The maximum atomic E-state index is 6.06. The van der Waals surface area contributed by atoms with Gasteiger partial charge < -0.3 is 4.57 Å². The highest BCUT2D eigenvalue weighted by Gasteiger charge is 2.18. The zero-order chi connectivity index (χ0) is 8.65. The van der Waals surface area contributed by atoms with Crippen molar-refractivity contribution in [2.45, 2.75) is 26.2 Å². The second-order valence-electron chi connectivity index (χ2n) is 3.88. The highest BCUT2D eigenvalue weighted by atomic mass is 35.5. The van der Waals surface area contributed by atoms with Gasteiger partial charge in [0.25, 0.3) is 0 Å². The van der Waals surface area contributed by atoms with E-state index < -0.39 is 0 Å². The van der Waals surface area contributed by atoms with Crippen LogP contribution < -0.4 is 0 Å². The Balaban J connectivity index is 3.15. The fourth-order valence-electron chi connectivity index (χ4n) is 1.07. The minimum atomic E-state index is 0.151. The summed E-state index contributed by atoms with van der Waals surface area (Å²) in [7, 11) is 1.96. The van der Waals surface area contributed by atoms with Gasteiger partial charge in [0.15, 0.2) is 0 Å². The third kappa shape index (κ3) is 1.59. The highest BCUT2D eigenvalue weighted by Crippen LogP contribution is 2.29. The summed E-state index contributed by atoms with van der Waals surface area (Å²) in [5, 5.41) is 0.845. The molecular formula is C9H14ClN. The number of hydrogen-bond donors (Lipinski definition) is 0. The van der Waals surface area contributed by atoms with Gasteiger partial charge in [-0.1, -0.05) is 32.4 Å². The summed E-state index contributed by atoms with van der Waals surface area (Å²) in [6.45, 7) is 6.48. The van der Waals surface area contributed by atoms with Crippen molar-refractivity contribution in [1.29, 1.82) is 0 Å². The standard InChI is InChI=1S/C9H14ClN/c1-9(2,3)7-5-6-11(4)8(7)10/h5-6H,1-4H3. The SMILES string of the molecule is Cn1ccc(C(C)(C)C)c1Cl.